The number of methoxy groups -OCH3 is 2. The second kappa shape index (κ2) is 10.9. The van der Waals surface area contributed by atoms with Crippen LogP contribution in [0.2, 0.25) is 0 Å². The Hall–Kier alpha value is -2.32. The number of anilines is 1. The molecule has 1 heterocycles. The molecule has 8 nitrogen and oxygen atoms in total. The summed E-state index contributed by atoms with van der Waals surface area (Å²) in [5.74, 6) is 1.19. The number of nitrogens with zero attached hydrogens (tertiary/aromatic N) is 2. The van der Waals surface area contributed by atoms with E-state index in [1.807, 2.05) is 13.8 Å². The third kappa shape index (κ3) is 7.01. The summed E-state index contributed by atoms with van der Waals surface area (Å²) in [6.07, 6.45) is 0.925. The quantitative estimate of drug-likeness (QED) is 0.691. The van der Waals surface area contributed by atoms with Gasteiger partial charge in [0.2, 0.25) is 11.8 Å². The summed E-state index contributed by atoms with van der Waals surface area (Å²) in [5, 5.41) is 5.83. The molecule has 0 saturated carbocycles. The monoisotopic (exact) mass is 392 g/mol. The number of carbonyl (C=O) groups is 2. The van der Waals surface area contributed by atoms with Gasteiger partial charge in [0, 0.05) is 25.2 Å². The van der Waals surface area contributed by atoms with Gasteiger partial charge < -0.3 is 20.1 Å². The van der Waals surface area contributed by atoms with Crippen molar-refractivity contribution in [2.45, 2.75) is 26.3 Å². The van der Waals surface area contributed by atoms with Crippen LogP contribution in [-0.4, -0.2) is 81.1 Å². The second-order valence-corrected chi connectivity index (χ2v) is 7.24. The maximum absolute atomic E-state index is 12.5. The number of hydrogen-bond acceptors (Lipinski definition) is 6. The predicted molar refractivity (Wildman–Crippen MR) is 109 cm³/mol. The lowest BCUT2D eigenvalue weighted by Crippen LogP contribution is -2.42. The Morgan fingerprint density at radius 2 is 1.64 bits per heavy atom. The maximum Gasteiger partial charge on any atom is 0.238 e. The summed E-state index contributed by atoms with van der Waals surface area (Å²) in [4.78, 5) is 28.7. The van der Waals surface area contributed by atoms with Crippen LogP contribution in [0.15, 0.2) is 18.2 Å². The fourth-order valence-electron chi connectivity index (χ4n) is 3.21. The molecule has 2 rings (SSSR count). The molecule has 2 N–H and O–H groups in total. The summed E-state index contributed by atoms with van der Waals surface area (Å²) in [7, 11) is 3.14. The molecule has 0 aromatic heterocycles. The normalized spacial score (nSPS) is 15.8. The molecule has 1 aromatic rings. The zero-order chi connectivity index (χ0) is 20.5. The minimum atomic E-state index is -0.0885. The number of hydrogen-bond donors (Lipinski definition) is 2. The van der Waals surface area contributed by atoms with Gasteiger partial charge in [0.05, 0.1) is 33.0 Å². The van der Waals surface area contributed by atoms with Gasteiger partial charge in [0.1, 0.15) is 11.5 Å². The molecule has 156 valence electrons. The van der Waals surface area contributed by atoms with E-state index < -0.39 is 0 Å². The average molecular weight is 393 g/mol. The van der Waals surface area contributed by atoms with Crippen LogP contribution in [-0.2, 0) is 9.59 Å². The molecular formula is C20H32N4O4. The molecule has 1 fully saturated rings. The minimum Gasteiger partial charge on any atom is -0.497 e. The molecule has 28 heavy (non-hydrogen) atoms. The van der Waals surface area contributed by atoms with Crippen LogP contribution in [0, 0.1) is 0 Å². The third-order valence-electron chi connectivity index (χ3n) is 4.55. The molecule has 1 aromatic carbocycles. The molecule has 8 heteroatoms. The van der Waals surface area contributed by atoms with Crippen molar-refractivity contribution in [2.75, 3.05) is 58.8 Å². The minimum absolute atomic E-state index is 0.0489. The highest BCUT2D eigenvalue weighted by molar-refractivity contribution is 5.93. The number of carbonyl (C=O) groups excluding carboxylic acids is 2. The lowest BCUT2D eigenvalue weighted by Gasteiger charge is -2.21. The Morgan fingerprint density at radius 1 is 1.00 bits per heavy atom. The van der Waals surface area contributed by atoms with Crippen molar-refractivity contribution in [1.29, 1.82) is 0 Å². The van der Waals surface area contributed by atoms with E-state index in [0.29, 0.717) is 30.3 Å². The third-order valence-corrected chi connectivity index (χ3v) is 4.55. The van der Waals surface area contributed by atoms with Crippen molar-refractivity contribution in [3.63, 3.8) is 0 Å². The van der Waals surface area contributed by atoms with Gasteiger partial charge in [-0.15, -0.1) is 0 Å². The van der Waals surface area contributed by atoms with Crippen LogP contribution in [0.25, 0.3) is 0 Å². The van der Waals surface area contributed by atoms with Crippen molar-refractivity contribution in [3.05, 3.63) is 18.2 Å². The fourth-order valence-corrected chi connectivity index (χ4v) is 3.21. The Bertz CT molecular complexity index is 666. The Kier molecular flexibility index (Phi) is 8.53. The molecule has 2 amide bonds. The van der Waals surface area contributed by atoms with E-state index in [2.05, 4.69) is 20.4 Å². The second-order valence-electron chi connectivity index (χ2n) is 7.24. The molecule has 1 saturated heterocycles. The van der Waals surface area contributed by atoms with Crippen LogP contribution >= 0.6 is 0 Å². The first kappa shape index (κ1) is 22.0. The first-order chi connectivity index (χ1) is 13.4. The van der Waals surface area contributed by atoms with Crippen molar-refractivity contribution in [1.82, 2.24) is 15.1 Å². The zero-order valence-corrected chi connectivity index (χ0v) is 17.3. The van der Waals surface area contributed by atoms with Gasteiger partial charge in [-0.05, 0) is 45.5 Å². The van der Waals surface area contributed by atoms with E-state index in [1.165, 1.54) is 0 Å². The van der Waals surface area contributed by atoms with E-state index in [1.54, 1.807) is 32.4 Å². The van der Waals surface area contributed by atoms with Gasteiger partial charge in [-0.25, -0.2) is 0 Å². The van der Waals surface area contributed by atoms with Crippen molar-refractivity contribution in [3.8, 4) is 11.5 Å². The van der Waals surface area contributed by atoms with E-state index in [0.717, 1.165) is 32.6 Å². The molecule has 0 atom stereocenters. The molecule has 1 aliphatic heterocycles. The van der Waals surface area contributed by atoms with Crippen LogP contribution in [0.4, 0.5) is 5.69 Å². The topological polar surface area (TPSA) is 83.1 Å². The summed E-state index contributed by atoms with van der Waals surface area (Å²) >= 11 is 0. The van der Waals surface area contributed by atoms with Gasteiger partial charge in [-0.1, -0.05) is 0 Å². The predicted octanol–water partition coefficient (Wildman–Crippen LogP) is 1.17. The smallest absolute Gasteiger partial charge is 0.238 e. The van der Waals surface area contributed by atoms with E-state index in [4.69, 9.17) is 9.47 Å². The molecule has 0 unspecified atom stereocenters. The zero-order valence-electron chi connectivity index (χ0n) is 17.3. The standard InChI is InChI=1S/C20H32N4O4/c1-15(2)21-19(25)13-23-8-5-9-24(11-10-23)14-20(26)22-17-7-6-16(27-3)12-18(17)28-4/h6-7,12,15H,5,8-11,13-14H2,1-4H3,(H,21,25)(H,22,26). The Morgan fingerprint density at radius 3 is 2.21 bits per heavy atom. The van der Waals surface area contributed by atoms with E-state index >= 15 is 0 Å². The number of rotatable bonds is 8. The maximum atomic E-state index is 12.5. The van der Waals surface area contributed by atoms with Crippen LogP contribution in [0.5, 0.6) is 11.5 Å². The Balaban J connectivity index is 1.84. The highest BCUT2D eigenvalue weighted by Crippen LogP contribution is 2.28. The molecule has 0 aliphatic carbocycles. The van der Waals surface area contributed by atoms with Gasteiger partial charge in [0.25, 0.3) is 0 Å². The van der Waals surface area contributed by atoms with Gasteiger partial charge in [0.15, 0.2) is 0 Å². The van der Waals surface area contributed by atoms with E-state index in [-0.39, 0.29) is 17.9 Å². The van der Waals surface area contributed by atoms with Gasteiger partial charge in [-0.2, -0.15) is 0 Å². The van der Waals surface area contributed by atoms with Crippen LogP contribution in [0.3, 0.4) is 0 Å². The number of ether oxygens (including phenoxy) is 2. The summed E-state index contributed by atoms with van der Waals surface area (Å²) in [6.45, 7) is 7.83. The first-order valence-corrected chi connectivity index (χ1v) is 9.67. The molecule has 1 aliphatic rings. The summed E-state index contributed by atoms with van der Waals surface area (Å²) < 4.78 is 10.5. The lowest BCUT2D eigenvalue weighted by molar-refractivity contribution is -0.123. The van der Waals surface area contributed by atoms with Crippen molar-refractivity contribution in [2.24, 2.45) is 0 Å². The van der Waals surface area contributed by atoms with Crippen molar-refractivity contribution >= 4 is 17.5 Å². The van der Waals surface area contributed by atoms with Gasteiger partial charge >= 0.3 is 0 Å². The number of benzene rings is 1. The summed E-state index contributed by atoms with van der Waals surface area (Å²) in [6, 6.07) is 5.44. The fraction of sp³-hybridized carbons (Fsp3) is 0.600. The van der Waals surface area contributed by atoms with Crippen molar-refractivity contribution < 1.29 is 19.1 Å². The highest BCUT2D eigenvalue weighted by atomic mass is 16.5. The molecule has 0 radical (unpaired) electrons. The molecule has 0 spiro atoms. The molecule has 0 bridgehead atoms. The SMILES string of the molecule is COc1ccc(NC(=O)CN2CCCN(CC(=O)NC(C)C)CC2)c(OC)c1. The van der Waals surface area contributed by atoms with Gasteiger partial charge in [-0.3, -0.25) is 19.4 Å². The Labute approximate surface area is 167 Å². The lowest BCUT2D eigenvalue weighted by atomic mass is 10.2. The number of amides is 2. The molecular weight excluding hydrogens is 360 g/mol. The highest BCUT2D eigenvalue weighted by Gasteiger charge is 2.19. The van der Waals surface area contributed by atoms with Crippen LogP contribution in [0.1, 0.15) is 20.3 Å². The largest absolute Gasteiger partial charge is 0.497 e. The van der Waals surface area contributed by atoms with Crippen LogP contribution < -0.4 is 20.1 Å². The first-order valence-electron chi connectivity index (χ1n) is 9.67. The van der Waals surface area contributed by atoms with E-state index in [9.17, 15) is 9.59 Å². The summed E-state index contributed by atoms with van der Waals surface area (Å²) in [5.41, 5.74) is 0.620. The average Bonchev–Trinajstić information content (AvgIpc) is 2.86. The number of nitrogens with one attached hydrogen (secondary N) is 2.